The van der Waals surface area contributed by atoms with Gasteiger partial charge in [0.25, 0.3) is 5.91 Å². The minimum atomic E-state index is -4.00. The van der Waals surface area contributed by atoms with Crippen LogP contribution in [-0.4, -0.2) is 29.9 Å². The van der Waals surface area contributed by atoms with E-state index >= 15 is 0 Å². The van der Waals surface area contributed by atoms with Crippen molar-refractivity contribution in [2.24, 2.45) is 5.16 Å². The molecule has 0 aliphatic rings. The first-order chi connectivity index (χ1) is 16.2. The number of rotatable bonds is 6. The number of aryl methyl sites for hydroxylation is 1. The van der Waals surface area contributed by atoms with Gasteiger partial charge in [0.15, 0.2) is 11.7 Å². The number of hydrogen-bond donors (Lipinski definition) is 1. The number of alkyl halides is 3. The molecular weight excluding hydrogens is 463 g/mol. The highest BCUT2D eigenvalue weighted by molar-refractivity contribution is 7.22. The van der Waals surface area contributed by atoms with Crippen molar-refractivity contribution < 1.29 is 22.8 Å². The highest BCUT2D eigenvalue weighted by atomic mass is 32.1. The molecule has 1 amide bonds. The van der Waals surface area contributed by atoms with E-state index in [1.165, 1.54) is 11.3 Å². The fourth-order valence-corrected chi connectivity index (χ4v) is 3.81. The number of nitrogens with one attached hydrogen (secondary N) is 1. The predicted octanol–water partition coefficient (Wildman–Crippen LogP) is 6.83. The third-order valence-electron chi connectivity index (χ3n) is 4.28. The number of thiazole rings is 1. The van der Waals surface area contributed by atoms with Crippen molar-refractivity contribution in [1.29, 1.82) is 0 Å². The highest BCUT2D eigenvalue weighted by Gasteiger charge is 2.15. The molecule has 4 rings (SSSR count). The third kappa shape index (κ3) is 8.32. The van der Waals surface area contributed by atoms with Crippen molar-refractivity contribution in [3.63, 3.8) is 0 Å². The summed E-state index contributed by atoms with van der Waals surface area (Å²) in [7, 11) is 0. The average molecular weight is 486 g/mol. The topological polar surface area (TPSA) is 63.6 Å². The van der Waals surface area contributed by atoms with E-state index in [1.54, 1.807) is 6.21 Å². The lowest BCUT2D eigenvalue weighted by molar-refractivity contribution is -0.120. The summed E-state index contributed by atoms with van der Waals surface area (Å²) in [5.41, 5.74) is 5.22. The number of carbonyl (C=O) groups is 1. The minimum Gasteiger partial charge on any atom is -0.386 e. The Balaban J connectivity index is 0.000000588. The molecule has 1 aromatic heterocycles. The van der Waals surface area contributed by atoms with Crippen LogP contribution in [0.5, 0.6) is 0 Å². The van der Waals surface area contributed by atoms with E-state index in [2.05, 4.69) is 27.6 Å². The first kappa shape index (κ1) is 24.9. The van der Waals surface area contributed by atoms with Crippen LogP contribution in [0, 0.1) is 6.92 Å². The van der Waals surface area contributed by atoms with Crippen LogP contribution in [0.3, 0.4) is 0 Å². The molecule has 1 heterocycles. The van der Waals surface area contributed by atoms with E-state index in [0.29, 0.717) is 5.13 Å². The van der Waals surface area contributed by atoms with Crippen LogP contribution >= 0.6 is 11.3 Å². The van der Waals surface area contributed by atoms with E-state index < -0.39 is 6.18 Å². The number of halogens is 3. The van der Waals surface area contributed by atoms with Gasteiger partial charge in [-0.2, -0.15) is 13.2 Å². The molecule has 0 unspecified atom stereocenters. The summed E-state index contributed by atoms with van der Waals surface area (Å²) in [6.45, 7) is 2.04. The predicted molar refractivity (Wildman–Crippen MR) is 130 cm³/mol. The van der Waals surface area contributed by atoms with Crippen LogP contribution in [0.2, 0.25) is 0 Å². The second kappa shape index (κ2) is 11.4. The number of amides is 1. The van der Waals surface area contributed by atoms with Crippen LogP contribution in [0.1, 0.15) is 18.1 Å². The van der Waals surface area contributed by atoms with E-state index in [4.69, 9.17) is 4.84 Å². The van der Waals surface area contributed by atoms with Gasteiger partial charge in [0.1, 0.15) is 0 Å². The largest absolute Gasteiger partial charge is 0.386 e. The Morgan fingerprint density at radius 2 is 1.71 bits per heavy atom. The number of fused-ring (bicyclic) bond motifs is 1. The molecule has 0 atom stereocenters. The minimum absolute atomic E-state index is 0.173. The quantitative estimate of drug-likeness (QED) is 0.241. The van der Waals surface area contributed by atoms with Gasteiger partial charge < -0.3 is 4.84 Å². The average Bonchev–Trinajstić information content (AvgIpc) is 3.18. The van der Waals surface area contributed by atoms with Crippen LogP contribution in [0.25, 0.3) is 21.3 Å². The maximum Gasteiger partial charge on any atom is 0.386 e. The van der Waals surface area contributed by atoms with Crippen molar-refractivity contribution in [2.75, 3.05) is 11.9 Å². The van der Waals surface area contributed by atoms with Crippen molar-refractivity contribution >= 4 is 38.8 Å². The molecule has 176 valence electrons. The summed E-state index contributed by atoms with van der Waals surface area (Å²) < 4.78 is 32.1. The monoisotopic (exact) mass is 485 g/mol. The van der Waals surface area contributed by atoms with Crippen LogP contribution in [0.15, 0.2) is 78.0 Å². The van der Waals surface area contributed by atoms with E-state index in [9.17, 15) is 18.0 Å². The summed E-state index contributed by atoms with van der Waals surface area (Å²) in [5, 5.41) is 7.18. The summed E-state index contributed by atoms with van der Waals surface area (Å²) >= 11 is 1.44. The molecule has 1 N–H and O–H groups in total. The lowest BCUT2D eigenvalue weighted by Crippen LogP contribution is -2.16. The Labute approximate surface area is 198 Å². The number of anilines is 1. The Kier molecular flexibility index (Phi) is 8.37. The Morgan fingerprint density at radius 3 is 2.38 bits per heavy atom. The maximum absolute atomic E-state index is 12.0. The Morgan fingerprint density at radius 1 is 1.06 bits per heavy atom. The zero-order valence-electron chi connectivity index (χ0n) is 18.5. The lowest BCUT2D eigenvalue weighted by Gasteiger charge is -2.02. The molecule has 0 bridgehead atoms. The van der Waals surface area contributed by atoms with Crippen molar-refractivity contribution in [2.45, 2.75) is 20.0 Å². The standard InChI is InChI=1S/C23H19N3O2S.C2H3F3/c1-16-7-12-20-21(13-16)29-23(25-20)26-22(27)15-28-24-14-17-8-10-19(11-9-17)18-5-3-2-4-6-18;1-2(3,4)5/h2-14H,15H2,1H3,(H,25,26,27);1H3/b24-14+;. The molecule has 0 spiro atoms. The van der Waals surface area contributed by atoms with Gasteiger partial charge in [0.2, 0.25) is 0 Å². The number of aromatic nitrogens is 1. The SMILES string of the molecule is CC(F)(F)F.Cc1ccc2nc(NC(=O)CO/N=C/c3ccc(-c4ccccc4)cc3)sc2c1. The third-order valence-corrected chi connectivity index (χ3v) is 5.21. The van der Waals surface area contributed by atoms with E-state index in [1.807, 2.05) is 67.6 Å². The molecular formula is C25H22F3N3O2S. The lowest BCUT2D eigenvalue weighted by atomic mass is 10.0. The van der Waals surface area contributed by atoms with Crippen LogP contribution in [-0.2, 0) is 9.63 Å². The molecule has 3 aromatic carbocycles. The second-order valence-corrected chi connectivity index (χ2v) is 8.35. The molecule has 0 saturated carbocycles. The summed E-state index contributed by atoms with van der Waals surface area (Å²) in [6, 6.07) is 24.1. The Hall–Kier alpha value is -3.72. The number of oxime groups is 1. The van der Waals surface area contributed by atoms with Crippen molar-refractivity contribution in [1.82, 2.24) is 4.98 Å². The highest BCUT2D eigenvalue weighted by Crippen LogP contribution is 2.26. The first-order valence-corrected chi connectivity index (χ1v) is 11.0. The van der Waals surface area contributed by atoms with Gasteiger partial charge in [-0.3, -0.25) is 10.1 Å². The summed E-state index contributed by atoms with van der Waals surface area (Å²) in [6.07, 6.45) is -2.41. The van der Waals surface area contributed by atoms with Crippen LogP contribution in [0.4, 0.5) is 18.3 Å². The Bertz CT molecular complexity index is 1250. The van der Waals surface area contributed by atoms with E-state index in [0.717, 1.165) is 32.5 Å². The smallest absolute Gasteiger partial charge is 0.386 e. The van der Waals surface area contributed by atoms with Gasteiger partial charge in [-0.1, -0.05) is 77.2 Å². The number of benzene rings is 3. The van der Waals surface area contributed by atoms with Gasteiger partial charge in [-0.05, 0) is 41.3 Å². The van der Waals surface area contributed by atoms with Gasteiger partial charge in [-0.15, -0.1) is 0 Å². The molecule has 0 aliphatic heterocycles. The van der Waals surface area contributed by atoms with Gasteiger partial charge in [0, 0.05) is 6.92 Å². The zero-order chi connectivity index (χ0) is 24.6. The van der Waals surface area contributed by atoms with Crippen molar-refractivity contribution in [3.05, 3.63) is 83.9 Å². The summed E-state index contributed by atoms with van der Waals surface area (Å²) in [5.74, 6) is -0.294. The fourth-order valence-electron chi connectivity index (χ4n) is 2.83. The molecule has 0 fully saturated rings. The molecule has 0 saturated heterocycles. The van der Waals surface area contributed by atoms with Crippen molar-refractivity contribution in [3.8, 4) is 11.1 Å². The number of nitrogens with zero attached hydrogens (tertiary/aromatic N) is 2. The summed E-state index contributed by atoms with van der Waals surface area (Å²) in [4.78, 5) is 21.5. The zero-order valence-corrected chi connectivity index (χ0v) is 19.3. The first-order valence-electron chi connectivity index (χ1n) is 10.2. The van der Waals surface area contributed by atoms with Gasteiger partial charge in [-0.25, -0.2) is 4.98 Å². The molecule has 0 aliphatic carbocycles. The van der Waals surface area contributed by atoms with Crippen LogP contribution < -0.4 is 5.32 Å². The van der Waals surface area contributed by atoms with Gasteiger partial charge >= 0.3 is 6.18 Å². The van der Waals surface area contributed by atoms with E-state index in [-0.39, 0.29) is 19.4 Å². The molecule has 5 nitrogen and oxygen atoms in total. The maximum atomic E-state index is 12.0. The normalized spacial score (nSPS) is 11.2. The molecule has 4 aromatic rings. The molecule has 9 heteroatoms. The number of carbonyl (C=O) groups excluding carboxylic acids is 1. The fraction of sp³-hybridized carbons (Fsp3) is 0.160. The molecule has 34 heavy (non-hydrogen) atoms. The molecule has 0 radical (unpaired) electrons. The van der Waals surface area contributed by atoms with Gasteiger partial charge in [0.05, 0.1) is 16.4 Å². The number of hydrogen-bond acceptors (Lipinski definition) is 5. The second-order valence-electron chi connectivity index (χ2n) is 7.32.